The summed E-state index contributed by atoms with van der Waals surface area (Å²) in [5.74, 6) is 0.877. The molecular formula is C20H27N5O. The van der Waals surface area contributed by atoms with Gasteiger partial charge in [0.25, 0.3) is 0 Å². The number of nitrogens with zero attached hydrogens (tertiary/aromatic N) is 1. The number of allylic oxidation sites excluding steroid dienone is 2. The second kappa shape index (κ2) is 6.45. The average molecular weight is 353 g/mol. The molecule has 26 heavy (non-hydrogen) atoms. The molecule has 0 spiro atoms. The van der Waals surface area contributed by atoms with Gasteiger partial charge >= 0.3 is 0 Å². The van der Waals surface area contributed by atoms with Crippen LogP contribution in [0.2, 0.25) is 0 Å². The molecule has 0 radical (unpaired) electrons. The van der Waals surface area contributed by atoms with Crippen LogP contribution in [0.15, 0.2) is 35.0 Å². The molecule has 2 unspecified atom stereocenters. The van der Waals surface area contributed by atoms with Crippen LogP contribution in [0, 0.1) is 0 Å². The van der Waals surface area contributed by atoms with Gasteiger partial charge in [-0.2, -0.15) is 0 Å². The van der Waals surface area contributed by atoms with E-state index >= 15 is 0 Å². The zero-order valence-electron chi connectivity index (χ0n) is 15.4. The summed E-state index contributed by atoms with van der Waals surface area (Å²) in [5.41, 5.74) is 18.4. The zero-order chi connectivity index (χ0) is 18.3. The highest BCUT2D eigenvalue weighted by molar-refractivity contribution is 5.94. The zero-order valence-corrected chi connectivity index (χ0v) is 15.4. The van der Waals surface area contributed by atoms with Crippen molar-refractivity contribution in [3.05, 3.63) is 46.7 Å². The maximum absolute atomic E-state index is 6.73. The third-order valence-electron chi connectivity index (χ3n) is 5.35. The quantitative estimate of drug-likeness (QED) is 0.649. The van der Waals surface area contributed by atoms with Gasteiger partial charge in [0.2, 0.25) is 0 Å². The fourth-order valence-corrected chi connectivity index (χ4v) is 3.96. The first-order chi connectivity index (χ1) is 12.5. The van der Waals surface area contributed by atoms with Crippen LogP contribution >= 0.6 is 0 Å². The Hall–Kier alpha value is -2.31. The number of amidine groups is 1. The van der Waals surface area contributed by atoms with Crippen LogP contribution in [-0.4, -0.2) is 25.5 Å². The molecule has 3 aliphatic rings. The van der Waals surface area contributed by atoms with Crippen molar-refractivity contribution >= 4 is 11.4 Å². The van der Waals surface area contributed by atoms with Crippen LogP contribution in [0.3, 0.4) is 0 Å². The Morgan fingerprint density at radius 1 is 1.27 bits per heavy atom. The van der Waals surface area contributed by atoms with Gasteiger partial charge < -0.3 is 21.1 Å². The van der Waals surface area contributed by atoms with Gasteiger partial charge in [0.1, 0.15) is 11.6 Å². The molecule has 1 aliphatic carbocycles. The molecule has 138 valence electrons. The van der Waals surface area contributed by atoms with Crippen molar-refractivity contribution in [2.75, 3.05) is 13.7 Å². The highest BCUT2D eigenvalue weighted by Gasteiger charge is 2.34. The van der Waals surface area contributed by atoms with Crippen molar-refractivity contribution < 1.29 is 4.74 Å². The SMILES string of the molecule is CN=C1C=C(C)NC(N)(c2cc3c(c(C4=CCC(N)CC4)c2)OCC3)N1. The Labute approximate surface area is 154 Å². The van der Waals surface area contributed by atoms with Gasteiger partial charge in [-0.1, -0.05) is 6.08 Å². The second-order valence-corrected chi connectivity index (χ2v) is 7.37. The summed E-state index contributed by atoms with van der Waals surface area (Å²) < 4.78 is 5.96. The Bertz CT molecular complexity index is 826. The molecule has 0 saturated heterocycles. The van der Waals surface area contributed by atoms with E-state index in [1.807, 2.05) is 13.0 Å². The molecule has 2 heterocycles. The number of benzene rings is 1. The Morgan fingerprint density at radius 2 is 2.12 bits per heavy atom. The van der Waals surface area contributed by atoms with Gasteiger partial charge in [-0.25, -0.2) is 0 Å². The van der Waals surface area contributed by atoms with Crippen molar-refractivity contribution in [1.29, 1.82) is 0 Å². The van der Waals surface area contributed by atoms with Crippen molar-refractivity contribution in [3.63, 3.8) is 0 Å². The standard InChI is InChI=1S/C20H27N5O/c1-12-9-18(23-2)25-20(22,24-12)15-10-14-7-8-26-19(14)17(11-15)13-3-5-16(21)6-4-13/h3,9-11,16,24H,4-8,21-22H2,1-2H3,(H,23,25). The smallest absolute Gasteiger partial charge is 0.190 e. The number of rotatable bonds is 2. The molecule has 6 N–H and O–H groups in total. The third kappa shape index (κ3) is 2.99. The van der Waals surface area contributed by atoms with E-state index in [0.29, 0.717) is 0 Å². The number of aliphatic imine (C=N–C) groups is 1. The molecule has 0 saturated carbocycles. The van der Waals surface area contributed by atoms with Crippen molar-refractivity contribution in [2.45, 2.75) is 44.4 Å². The lowest BCUT2D eigenvalue weighted by Gasteiger charge is -2.38. The molecule has 0 bridgehead atoms. The van der Waals surface area contributed by atoms with E-state index in [1.54, 1.807) is 7.05 Å². The molecule has 2 atom stereocenters. The monoisotopic (exact) mass is 353 g/mol. The van der Waals surface area contributed by atoms with E-state index in [0.717, 1.165) is 60.7 Å². The number of hydrogen-bond acceptors (Lipinski definition) is 5. The van der Waals surface area contributed by atoms with Crippen molar-refractivity contribution in [2.24, 2.45) is 16.5 Å². The van der Waals surface area contributed by atoms with E-state index in [9.17, 15) is 0 Å². The summed E-state index contributed by atoms with van der Waals surface area (Å²) in [4.78, 5) is 4.27. The van der Waals surface area contributed by atoms with Gasteiger partial charge in [-0.15, -0.1) is 0 Å². The van der Waals surface area contributed by atoms with Gasteiger partial charge in [0, 0.05) is 36.3 Å². The topological polar surface area (TPSA) is 97.7 Å². The molecule has 1 aromatic carbocycles. The largest absolute Gasteiger partial charge is 0.492 e. The summed E-state index contributed by atoms with van der Waals surface area (Å²) in [6.45, 7) is 2.72. The first kappa shape index (κ1) is 17.1. The molecule has 2 aliphatic heterocycles. The number of nitrogens with one attached hydrogen (secondary N) is 2. The van der Waals surface area contributed by atoms with Crippen LogP contribution in [0.1, 0.15) is 42.9 Å². The number of ether oxygens (including phenoxy) is 1. The minimum absolute atomic E-state index is 0.259. The summed E-state index contributed by atoms with van der Waals surface area (Å²) in [7, 11) is 1.76. The summed E-state index contributed by atoms with van der Waals surface area (Å²) >= 11 is 0. The van der Waals surface area contributed by atoms with E-state index in [2.05, 4.69) is 33.8 Å². The molecule has 6 nitrogen and oxygen atoms in total. The highest BCUT2D eigenvalue weighted by Crippen LogP contribution is 2.40. The van der Waals surface area contributed by atoms with Crippen LogP contribution in [-0.2, 0) is 12.2 Å². The predicted octanol–water partition coefficient (Wildman–Crippen LogP) is 1.71. The molecule has 6 heteroatoms. The molecule has 4 rings (SSSR count). The van der Waals surface area contributed by atoms with E-state index in [4.69, 9.17) is 16.2 Å². The normalized spacial score (nSPS) is 29.2. The van der Waals surface area contributed by atoms with Crippen LogP contribution in [0.5, 0.6) is 5.75 Å². The maximum Gasteiger partial charge on any atom is 0.190 e. The minimum Gasteiger partial charge on any atom is -0.492 e. The van der Waals surface area contributed by atoms with Gasteiger partial charge in [0.05, 0.1) is 6.61 Å². The van der Waals surface area contributed by atoms with E-state index in [1.165, 1.54) is 11.1 Å². The molecule has 0 fully saturated rings. The maximum atomic E-state index is 6.73. The highest BCUT2D eigenvalue weighted by atomic mass is 16.5. The number of fused-ring (bicyclic) bond motifs is 1. The number of nitrogens with two attached hydrogens (primary N) is 2. The van der Waals surface area contributed by atoms with E-state index < -0.39 is 5.79 Å². The lowest BCUT2D eigenvalue weighted by atomic mass is 9.87. The number of hydrogen-bond donors (Lipinski definition) is 4. The van der Waals surface area contributed by atoms with Crippen LogP contribution in [0.25, 0.3) is 5.57 Å². The summed E-state index contributed by atoms with van der Waals surface area (Å²) in [5, 5.41) is 6.68. The Kier molecular flexibility index (Phi) is 4.25. The molecule has 0 aromatic heterocycles. The third-order valence-corrected chi connectivity index (χ3v) is 5.35. The van der Waals surface area contributed by atoms with Crippen LogP contribution in [0.4, 0.5) is 0 Å². The fraction of sp³-hybridized carbons (Fsp3) is 0.450. The average Bonchev–Trinajstić information content (AvgIpc) is 3.09. The molecule has 0 amide bonds. The molecule has 1 aromatic rings. The van der Waals surface area contributed by atoms with Crippen molar-refractivity contribution in [1.82, 2.24) is 10.6 Å². The fourth-order valence-electron chi connectivity index (χ4n) is 3.96. The second-order valence-electron chi connectivity index (χ2n) is 7.37. The van der Waals surface area contributed by atoms with Crippen LogP contribution < -0.4 is 26.8 Å². The van der Waals surface area contributed by atoms with E-state index in [-0.39, 0.29) is 6.04 Å². The predicted molar refractivity (Wildman–Crippen MR) is 105 cm³/mol. The van der Waals surface area contributed by atoms with Gasteiger partial charge in [-0.05, 0) is 55.5 Å². The lowest BCUT2D eigenvalue weighted by molar-refractivity contribution is 0.339. The van der Waals surface area contributed by atoms with Gasteiger partial charge in [-0.3, -0.25) is 10.7 Å². The Balaban J connectivity index is 1.79. The summed E-state index contributed by atoms with van der Waals surface area (Å²) in [6, 6.07) is 4.56. The lowest BCUT2D eigenvalue weighted by Crippen LogP contribution is -2.64. The van der Waals surface area contributed by atoms with Crippen molar-refractivity contribution in [3.8, 4) is 5.75 Å². The van der Waals surface area contributed by atoms with Gasteiger partial charge in [0.15, 0.2) is 5.79 Å². The summed E-state index contributed by atoms with van der Waals surface area (Å²) in [6.07, 6.45) is 8.00. The molecular weight excluding hydrogens is 326 g/mol. The minimum atomic E-state index is -0.897. The first-order valence-corrected chi connectivity index (χ1v) is 9.24. The Morgan fingerprint density at radius 3 is 2.85 bits per heavy atom. The first-order valence-electron chi connectivity index (χ1n) is 9.24.